The topological polar surface area (TPSA) is 76.6 Å². The number of nitrogens with zero attached hydrogens (tertiary/aromatic N) is 1. The predicted molar refractivity (Wildman–Crippen MR) is 88.5 cm³/mol. The van der Waals surface area contributed by atoms with Gasteiger partial charge in [-0.05, 0) is 12.0 Å². The monoisotopic (exact) mass is 318 g/mol. The minimum Gasteiger partial charge on any atom is -0.390 e. The van der Waals surface area contributed by atoms with E-state index >= 15 is 0 Å². The molecule has 2 aliphatic heterocycles. The Kier molecular flexibility index (Phi) is 5.61. The van der Waals surface area contributed by atoms with E-state index in [4.69, 9.17) is 0 Å². The molecule has 6 nitrogen and oxygen atoms in total. The molecule has 126 valence electrons. The fourth-order valence-electron chi connectivity index (χ4n) is 3.39. The number of β-amino-alcohol motifs (C(OH)–C–C–N with tert-alkyl or cyclic N) is 1. The molecule has 0 bridgehead atoms. The van der Waals surface area contributed by atoms with Gasteiger partial charge in [-0.25, -0.2) is 5.43 Å². The van der Waals surface area contributed by atoms with E-state index < -0.39 is 6.10 Å². The summed E-state index contributed by atoms with van der Waals surface area (Å²) in [4.78, 5) is 13.3. The minimum absolute atomic E-state index is 0.164. The van der Waals surface area contributed by atoms with Gasteiger partial charge in [-0.15, -0.1) is 0 Å². The fourth-order valence-corrected chi connectivity index (χ4v) is 3.39. The van der Waals surface area contributed by atoms with E-state index in [0.717, 1.165) is 26.1 Å². The summed E-state index contributed by atoms with van der Waals surface area (Å²) >= 11 is 0. The van der Waals surface area contributed by atoms with Crippen LogP contribution in [0.5, 0.6) is 0 Å². The molecule has 2 heterocycles. The van der Waals surface area contributed by atoms with Gasteiger partial charge in [0.25, 0.3) is 0 Å². The van der Waals surface area contributed by atoms with E-state index in [2.05, 4.69) is 40.4 Å². The highest BCUT2D eigenvalue weighted by Gasteiger charge is 2.28. The molecule has 1 aromatic carbocycles. The second-order valence-corrected chi connectivity index (χ2v) is 6.43. The van der Waals surface area contributed by atoms with Crippen molar-refractivity contribution in [2.24, 2.45) is 5.92 Å². The van der Waals surface area contributed by atoms with Crippen LogP contribution in [-0.4, -0.2) is 54.7 Å². The van der Waals surface area contributed by atoms with Gasteiger partial charge in [0.15, 0.2) is 0 Å². The van der Waals surface area contributed by atoms with Crippen molar-refractivity contribution in [3.05, 3.63) is 35.9 Å². The Labute approximate surface area is 137 Å². The third-order valence-electron chi connectivity index (χ3n) is 4.64. The van der Waals surface area contributed by atoms with Crippen LogP contribution in [-0.2, 0) is 4.79 Å². The molecule has 0 aromatic heterocycles. The maximum atomic E-state index is 11.6. The quantitative estimate of drug-likeness (QED) is 0.570. The van der Waals surface area contributed by atoms with Crippen LogP contribution in [0, 0.1) is 5.92 Å². The molecular formula is C17H26N4O2. The standard InChI is InChI=1S/C17H26N4O2/c22-15(12-21-8-4-7-16(21)23)11-18-9-14-10-19-20-17(14)13-5-2-1-3-6-13/h1-3,5-6,14-15,17-20,22H,4,7-12H2. The lowest BCUT2D eigenvalue weighted by Crippen LogP contribution is -2.40. The second-order valence-electron chi connectivity index (χ2n) is 6.43. The van der Waals surface area contributed by atoms with E-state index in [1.165, 1.54) is 5.56 Å². The van der Waals surface area contributed by atoms with E-state index in [1.807, 2.05) is 6.07 Å². The number of nitrogens with one attached hydrogen (secondary N) is 3. The van der Waals surface area contributed by atoms with Crippen molar-refractivity contribution in [3.63, 3.8) is 0 Å². The zero-order chi connectivity index (χ0) is 16.1. The average Bonchev–Trinajstić information content (AvgIpc) is 3.18. The highest BCUT2D eigenvalue weighted by Crippen LogP contribution is 2.23. The summed E-state index contributed by atoms with van der Waals surface area (Å²) in [6.45, 7) is 3.46. The molecule has 2 aliphatic rings. The number of hydrogen-bond donors (Lipinski definition) is 4. The molecule has 3 rings (SSSR count). The number of likely N-dealkylation sites (tertiary alicyclic amines) is 1. The molecule has 0 radical (unpaired) electrons. The summed E-state index contributed by atoms with van der Waals surface area (Å²) in [7, 11) is 0. The molecule has 3 unspecified atom stereocenters. The number of aliphatic hydroxyl groups is 1. The van der Waals surface area contributed by atoms with Gasteiger partial charge in [-0.2, -0.15) is 0 Å². The van der Waals surface area contributed by atoms with Crippen molar-refractivity contribution in [1.82, 2.24) is 21.1 Å². The van der Waals surface area contributed by atoms with Gasteiger partial charge in [0.05, 0.1) is 12.1 Å². The van der Waals surface area contributed by atoms with Gasteiger partial charge >= 0.3 is 0 Å². The van der Waals surface area contributed by atoms with Gasteiger partial charge in [0.1, 0.15) is 0 Å². The largest absolute Gasteiger partial charge is 0.390 e. The number of benzene rings is 1. The number of amides is 1. The first-order chi connectivity index (χ1) is 11.2. The third kappa shape index (κ3) is 4.29. The van der Waals surface area contributed by atoms with Crippen LogP contribution in [0.1, 0.15) is 24.4 Å². The van der Waals surface area contributed by atoms with E-state index in [9.17, 15) is 9.90 Å². The molecule has 3 atom stereocenters. The number of hydrazine groups is 1. The van der Waals surface area contributed by atoms with Gasteiger partial charge in [0, 0.05) is 45.1 Å². The summed E-state index contributed by atoms with van der Waals surface area (Å²) in [5, 5.41) is 13.4. The number of carbonyl (C=O) groups is 1. The SMILES string of the molecule is O=C1CCCN1CC(O)CNCC1CNNC1c1ccccc1. The van der Waals surface area contributed by atoms with Gasteiger partial charge in [0.2, 0.25) is 5.91 Å². The summed E-state index contributed by atoms with van der Waals surface area (Å²) in [6.07, 6.45) is 1.03. The van der Waals surface area contributed by atoms with Crippen molar-refractivity contribution < 1.29 is 9.90 Å². The average molecular weight is 318 g/mol. The first-order valence-corrected chi connectivity index (χ1v) is 8.44. The van der Waals surface area contributed by atoms with Crippen molar-refractivity contribution in [2.45, 2.75) is 25.0 Å². The molecular weight excluding hydrogens is 292 g/mol. The Bertz CT molecular complexity index is 511. The smallest absolute Gasteiger partial charge is 0.222 e. The Morgan fingerprint density at radius 1 is 1.35 bits per heavy atom. The van der Waals surface area contributed by atoms with Crippen LogP contribution >= 0.6 is 0 Å². The van der Waals surface area contributed by atoms with Crippen LogP contribution in [0.2, 0.25) is 0 Å². The number of rotatable bonds is 7. The Balaban J connectivity index is 1.42. The van der Waals surface area contributed by atoms with E-state index in [-0.39, 0.29) is 11.9 Å². The molecule has 2 saturated heterocycles. The Morgan fingerprint density at radius 3 is 2.91 bits per heavy atom. The molecule has 1 amide bonds. The summed E-state index contributed by atoms with van der Waals surface area (Å²) in [5.41, 5.74) is 7.81. The maximum absolute atomic E-state index is 11.6. The van der Waals surface area contributed by atoms with Gasteiger partial charge in [-0.3, -0.25) is 10.2 Å². The van der Waals surface area contributed by atoms with Crippen LogP contribution < -0.4 is 16.2 Å². The zero-order valence-corrected chi connectivity index (χ0v) is 13.4. The van der Waals surface area contributed by atoms with Crippen LogP contribution in [0.15, 0.2) is 30.3 Å². The molecule has 1 aromatic rings. The molecule has 4 N–H and O–H groups in total. The molecule has 0 aliphatic carbocycles. The molecule has 0 saturated carbocycles. The molecule has 0 spiro atoms. The lowest BCUT2D eigenvalue weighted by atomic mass is 9.95. The molecule has 6 heteroatoms. The van der Waals surface area contributed by atoms with E-state index in [1.54, 1.807) is 4.90 Å². The van der Waals surface area contributed by atoms with Crippen LogP contribution in [0.3, 0.4) is 0 Å². The number of hydrogen-bond acceptors (Lipinski definition) is 5. The highest BCUT2D eigenvalue weighted by atomic mass is 16.3. The van der Waals surface area contributed by atoms with Crippen molar-refractivity contribution >= 4 is 5.91 Å². The summed E-state index contributed by atoms with van der Waals surface area (Å²) < 4.78 is 0. The number of aliphatic hydroxyl groups excluding tert-OH is 1. The highest BCUT2D eigenvalue weighted by molar-refractivity contribution is 5.78. The van der Waals surface area contributed by atoms with Crippen molar-refractivity contribution in [3.8, 4) is 0 Å². The normalized spacial score (nSPS) is 26.0. The second kappa shape index (κ2) is 7.88. The first-order valence-electron chi connectivity index (χ1n) is 8.44. The van der Waals surface area contributed by atoms with Crippen molar-refractivity contribution in [1.29, 1.82) is 0 Å². The predicted octanol–water partition coefficient (Wildman–Crippen LogP) is 0.0246. The van der Waals surface area contributed by atoms with Gasteiger partial charge < -0.3 is 15.3 Å². The molecule has 2 fully saturated rings. The zero-order valence-electron chi connectivity index (χ0n) is 13.4. The van der Waals surface area contributed by atoms with Crippen LogP contribution in [0.25, 0.3) is 0 Å². The maximum Gasteiger partial charge on any atom is 0.222 e. The fraction of sp³-hybridized carbons (Fsp3) is 0.588. The first kappa shape index (κ1) is 16.4. The Morgan fingerprint density at radius 2 is 2.17 bits per heavy atom. The number of carbonyl (C=O) groups excluding carboxylic acids is 1. The van der Waals surface area contributed by atoms with Gasteiger partial charge in [-0.1, -0.05) is 30.3 Å². The lowest BCUT2D eigenvalue weighted by molar-refractivity contribution is -0.128. The minimum atomic E-state index is -0.505. The molecule has 23 heavy (non-hydrogen) atoms. The van der Waals surface area contributed by atoms with Crippen LogP contribution in [0.4, 0.5) is 0 Å². The Hall–Kier alpha value is -1.47. The van der Waals surface area contributed by atoms with Crippen molar-refractivity contribution in [2.75, 3.05) is 32.7 Å². The van der Waals surface area contributed by atoms with E-state index in [0.29, 0.717) is 25.4 Å². The summed E-state index contributed by atoms with van der Waals surface area (Å²) in [5.74, 6) is 0.593. The lowest BCUT2D eigenvalue weighted by Gasteiger charge is -2.22. The third-order valence-corrected chi connectivity index (χ3v) is 4.64. The summed E-state index contributed by atoms with van der Waals surface area (Å²) in [6, 6.07) is 10.7.